The molecule has 2 aromatic heterocycles. The van der Waals surface area contributed by atoms with E-state index in [2.05, 4.69) is 27.3 Å². The Bertz CT molecular complexity index is 508. The molecule has 0 saturated carbocycles. The van der Waals surface area contributed by atoms with E-state index in [1.165, 1.54) is 0 Å². The Morgan fingerprint density at radius 1 is 1.24 bits per heavy atom. The van der Waals surface area contributed by atoms with Crippen molar-refractivity contribution in [2.75, 3.05) is 6.54 Å². The van der Waals surface area contributed by atoms with Crippen LogP contribution in [0.25, 0.3) is 10.6 Å². The van der Waals surface area contributed by atoms with Crippen molar-refractivity contribution in [1.29, 1.82) is 0 Å². The number of aryl methyl sites for hydroxylation is 2. The van der Waals surface area contributed by atoms with Gasteiger partial charge in [0.25, 0.3) is 0 Å². The van der Waals surface area contributed by atoms with Crippen molar-refractivity contribution in [2.45, 2.75) is 26.7 Å². The zero-order valence-electron chi connectivity index (χ0n) is 9.97. The van der Waals surface area contributed by atoms with Crippen molar-refractivity contribution in [3.8, 4) is 10.6 Å². The summed E-state index contributed by atoms with van der Waals surface area (Å²) in [5.41, 5.74) is 8.41. The van der Waals surface area contributed by atoms with Crippen LogP contribution in [0.2, 0.25) is 0 Å². The SMILES string of the molecule is CCc1nnc(C)cc1-c1nnc(CCN)s1. The number of rotatable bonds is 4. The molecule has 0 aliphatic rings. The van der Waals surface area contributed by atoms with Gasteiger partial charge >= 0.3 is 0 Å². The molecule has 0 radical (unpaired) electrons. The molecule has 90 valence electrons. The predicted octanol–water partition coefficient (Wildman–Crippen LogP) is 1.37. The van der Waals surface area contributed by atoms with E-state index < -0.39 is 0 Å². The molecule has 6 heteroatoms. The molecule has 5 nitrogen and oxygen atoms in total. The molecule has 0 spiro atoms. The summed E-state index contributed by atoms with van der Waals surface area (Å²) in [6.07, 6.45) is 1.62. The zero-order chi connectivity index (χ0) is 12.3. The summed E-state index contributed by atoms with van der Waals surface area (Å²) in [4.78, 5) is 0. The van der Waals surface area contributed by atoms with E-state index in [9.17, 15) is 0 Å². The van der Waals surface area contributed by atoms with Crippen molar-refractivity contribution >= 4 is 11.3 Å². The second-order valence-corrected chi connectivity index (χ2v) is 4.80. The molecule has 0 atom stereocenters. The van der Waals surface area contributed by atoms with E-state index in [0.29, 0.717) is 6.54 Å². The van der Waals surface area contributed by atoms with Crippen LogP contribution in [0.1, 0.15) is 23.3 Å². The van der Waals surface area contributed by atoms with Gasteiger partial charge in [0.05, 0.1) is 11.4 Å². The monoisotopic (exact) mass is 249 g/mol. The normalized spacial score (nSPS) is 10.8. The predicted molar refractivity (Wildman–Crippen MR) is 67.8 cm³/mol. The summed E-state index contributed by atoms with van der Waals surface area (Å²) in [7, 11) is 0. The Morgan fingerprint density at radius 3 is 2.76 bits per heavy atom. The molecule has 17 heavy (non-hydrogen) atoms. The molecule has 2 N–H and O–H groups in total. The Balaban J connectivity index is 2.40. The number of nitrogens with zero attached hydrogens (tertiary/aromatic N) is 4. The molecule has 0 aromatic carbocycles. The molecule has 0 aliphatic heterocycles. The van der Waals surface area contributed by atoms with Gasteiger partial charge in [-0.05, 0) is 26.0 Å². The lowest BCUT2D eigenvalue weighted by Gasteiger charge is -2.02. The van der Waals surface area contributed by atoms with E-state index in [1.54, 1.807) is 11.3 Å². The summed E-state index contributed by atoms with van der Waals surface area (Å²) in [6, 6.07) is 2.01. The molecule has 0 fully saturated rings. The fraction of sp³-hybridized carbons (Fsp3) is 0.455. The third-order valence-corrected chi connectivity index (χ3v) is 3.40. The van der Waals surface area contributed by atoms with Crippen molar-refractivity contribution in [3.63, 3.8) is 0 Å². The zero-order valence-corrected chi connectivity index (χ0v) is 10.8. The number of aromatic nitrogens is 4. The highest BCUT2D eigenvalue weighted by Gasteiger charge is 2.12. The second kappa shape index (κ2) is 5.29. The molecular formula is C11H15N5S. The summed E-state index contributed by atoms with van der Waals surface area (Å²) in [5, 5.41) is 18.5. The fourth-order valence-electron chi connectivity index (χ4n) is 1.55. The third kappa shape index (κ3) is 2.65. The molecule has 0 bridgehead atoms. The quantitative estimate of drug-likeness (QED) is 0.885. The summed E-state index contributed by atoms with van der Waals surface area (Å²) >= 11 is 1.58. The first-order chi connectivity index (χ1) is 8.24. The molecule has 0 saturated heterocycles. The van der Waals surface area contributed by atoms with Gasteiger partial charge < -0.3 is 5.73 Å². The lowest BCUT2D eigenvalue weighted by Crippen LogP contribution is -2.01. The largest absolute Gasteiger partial charge is 0.330 e. The molecule has 2 aromatic rings. The van der Waals surface area contributed by atoms with E-state index in [0.717, 1.165) is 39.8 Å². The van der Waals surface area contributed by atoms with E-state index in [1.807, 2.05) is 13.0 Å². The minimum absolute atomic E-state index is 0.600. The Morgan fingerprint density at radius 2 is 2.06 bits per heavy atom. The van der Waals surface area contributed by atoms with Crippen molar-refractivity contribution < 1.29 is 0 Å². The Labute approximate surface area is 104 Å². The van der Waals surface area contributed by atoms with Crippen LogP contribution in [-0.4, -0.2) is 26.9 Å². The lowest BCUT2D eigenvalue weighted by atomic mass is 10.1. The molecule has 2 heterocycles. The Kier molecular flexibility index (Phi) is 3.75. The standard InChI is InChI=1S/C11H15N5S/c1-3-9-8(6-7(2)13-14-9)11-16-15-10(17-11)4-5-12/h6H,3-5,12H2,1-2H3. The van der Waals surface area contributed by atoms with E-state index in [-0.39, 0.29) is 0 Å². The first-order valence-corrected chi connectivity index (χ1v) is 6.42. The van der Waals surface area contributed by atoms with Gasteiger partial charge in [-0.2, -0.15) is 10.2 Å². The van der Waals surface area contributed by atoms with Crippen LogP contribution in [0.5, 0.6) is 0 Å². The van der Waals surface area contributed by atoms with E-state index in [4.69, 9.17) is 5.73 Å². The van der Waals surface area contributed by atoms with Crippen LogP contribution in [0.3, 0.4) is 0 Å². The number of hydrogen-bond acceptors (Lipinski definition) is 6. The van der Waals surface area contributed by atoms with Crippen molar-refractivity contribution in [3.05, 3.63) is 22.5 Å². The van der Waals surface area contributed by atoms with Gasteiger partial charge in [-0.15, -0.1) is 10.2 Å². The van der Waals surface area contributed by atoms with Crippen LogP contribution >= 0.6 is 11.3 Å². The van der Waals surface area contributed by atoms with Crippen LogP contribution in [0.4, 0.5) is 0 Å². The van der Waals surface area contributed by atoms with Crippen molar-refractivity contribution in [1.82, 2.24) is 20.4 Å². The highest BCUT2D eigenvalue weighted by atomic mass is 32.1. The molecule has 0 aliphatic carbocycles. The van der Waals surface area contributed by atoms with Gasteiger partial charge in [-0.3, -0.25) is 0 Å². The minimum atomic E-state index is 0.600. The lowest BCUT2D eigenvalue weighted by molar-refractivity contribution is 0.890. The maximum Gasteiger partial charge on any atom is 0.149 e. The second-order valence-electron chi connectivity index (χ2n) is 3.74. The van der Waals surface area contributed by atoms with Crippen LogP contribution < -0.4 is 5.73 Å². The van der Waals surface area contributed by atoms with Gasteiger partial charge in [0.15, 0.2) is 0 Å². The van der Waals surface area contributed by atoms with Crippen molar-refractivity contribution in [2.24, 2.45) is 5.73 Å². The van der Waals surface area contributed by atoms with Gasteiger partial charge in [0.2, 0.25) is 0 Å². The maximum atomic E-state index is 5.51. The van der Waals surface area contributed by atoms with Gasteiger partial charge in [0.1, 0.15) is 10.0 Å². The Hall–Kier alpha value is -1.40. The van der Waals surface area contributed by atoms with Crippen LogP contribution in [0.15, 0.2) is 6.07 Å². The smallest absolute Gasteiger partial charge is 0.149 e. The topological polar surface area (TPSA) is 77.6 Å². The first-order valence-electron chi connectivity index (χ1n) is 5.60. The molecule has 0 unspecified atom stereocenters. The highest BCUT2D eigenvalue weighted by Crippen LogP contribution is 2.26. The molecular weight excluding hydrogens is 234 g/mol. The van der Waals surface area contributed by atoms with Gasteiger partial charge in [0, 0.05) is 12.0 Å². The molecule has 0 amide bonds. The van der Waals surface area contributed by atoms with Gasteiger partial charge in [-0.1, -0.05) is 18.3 Å². The average Bonchev–Trinajstić information content (AvgIpc) is 2.78. The molecule has 2 rings (SSSR count). The highest BCUT2D eigenvalue weighted by molar-refractivity contribution is 7.14. The third-order valence-electron chi connectivity index (χ3n) is 2.38. The summed E-state index contributed by atoms with van der Waals surface area (Å²) in [6.45, 7) is 4.59. The van der Waals surface area contributed by atoms with E-state index >= 15 is 0 Å². The van der Waals surface area contributed by atoms with Crippen LogP contribution in [0, 0.1) is 6.92 Å². The fourth-order valence-corrected chi connectivity index (χ4v) is 2.44. The average molecular weight is 249 g/mol. The number of hydrogen-bond donors (Lipinski definition) is 1. The number of nitrogens with two attached hydrogens (primary N) is 1. The van der Waals surface area contributed by atoms with Crippen LogP contribution in [-0.2, 0) is 12.8 Å². The minimum Gasteiger partial charge on any atom is -0.330 e. The summed E-state index contributed by atoms with van der Waals surface area (Å²) < 4.78 is 0. The summed E-state index contributed by atoms with van der Waals surface area (Å²) in [5.74, 6) is 0. The maximum absolute atomic E-state index is 5.51. The van der Waals surface area contributed by atoms with Gasteiger partial charge in [-0.25, -0.2) is 0 Å². The first kappa shape index (κ1) is 12.1.